The lowest BCUT2D eigenvalue weighted by Crippen LogP contribution is -2.62. The smallest absolute Gasteiger partial charge is 0.227 e. The highest BCUT2D eigenvalue weighted by Gasteiger charge is 2.54. The van der Waals surface area contributed by atoms with Crippen molar-refractivity contribution in [1.29, 1.82) is 0 Å². The number of nitrogens with zero attached hydrogens (tertiary/aromatic N) is 1. The molecule has 0 radical (unpaired) electrons. The van der Waals surface area contributed by atoms with Gasteiger partial charge in [-0.1, -0.05) is 19.8 Å². The van der Waals surface area contributed by atoms with Crippen molar-refractivity contribution in [1.82, 2.24) is 9.62 Å². The lowest BCUT2D eigenvalue weighted by Gasteiger charge is -2.50. The molecule has 2 rings (SSSR count). The molecule has 0 unspecified atom stereocenters. The van der Waals surface area contributed by atoms with Crippen molar-refractivity contribution in [3.8, 4) is 0 Å². The molecule has 1 amide bonds. The number of sulfonamides is 1. The van der Waals surface area contributed by atoms with Crippen molar-refractivity contribution in [3.63, 3.8) is 0 Å². The highest BCUT2D eigenvalue weighted by Crippen LogP contribution is 2.46. The first-order valence-electron chi connectivity index (χ1n) is 8.24. The van der Waals surface area contributed by atoms with Gasteiger partial charge in [-0.3, -0.25) is 4.79 Å². The summed E-state index contributed by atoms with van der Waals surface area (Å²) in [5, 5.41) is 3.01. The number of rotatable bonds is 6. The Morgan fingerprint density at radius 1 is 1.36 bits per heavy atom. The number of hydrogen-bond acceptors (Lipinski definition) is 4. The summed E-state index contributed by atoms with van der Waals surface area (Å²) in [4.78, 5) is 12.8. The van der Waals surface area contributed by atoms with Crippen molar-refractivity contribution in [3.05, 3.63) is 0 Å². The van der Waals surface area contributed by atoms with Gasteiger partial charge >= 0.3 is 0 Å². The molecule has 7 heteroatoms. The fraction of sp³-hybridized carbons (Fsp3) is 0.933. The van der Waals surface area contributed by atoms with Crippen LogP contribution in [0, 0.1) is 5.41 Å². The van der Waals surface area contributed by atoms with Gasteiger partial charge in [0.2, 0.25) is 15.9 Å². The van der Waals surface area contributed by atoms with Gasteiger partial charge in [0.05, 0.1) is 11.2 Å². The van der Waals surface area contributed by atoms with Gasteiger partial charge in [-0.15, -0.1) is 0 Å². The van der Waals surface area contributed by atoms with Crippen LogP contribution in [0.1, 0.15) is 45.4 Å². The van der Waals surface area contributed by atoms with Gasteiger partial charge in [0, 0.05) is 32.8 Å². The van der Waals surface area contributed by atoms with Crippen molar-refractivity contribution < 1.29 is 17.9 Å². The first-order valence-corrected chi connectivity index (χ1v) is 9.85. The maximum atomic E-state index is 12.8. The minimum Gasteiger partial charge on any atom is -0.385 e. The lowest BCUT2D eigenvalue weighted by molar-refractivity contribution is -0.137. The molecule has 1 aliphatic heterocycles. The Balaban J connectivity index is 2.15. The number of methoxy groups -OCH3 is 1. The van der Waals surface area contributed by atoms with E-state index >= 15 is 0 Å². The molecule has 1 saturated carbocycles. The highest BCUT2D eigenvalue weighted by molar-refractivity contribution is 7.89. The zero-order valence-electron chi connectivity index (χ0n) is 13.6. The minimum atomic E-state index is -3.21. The van der Waals surface area contributed by atoms with Gasteiger partial charge in [0.1, 0.15) is 0 Å². The number of carbonyl (C=O) groups is 1. The van der Waals surface area contributed by atoms with E-state index in [1.165, 1.54) is 0 Å². The molecule has 0 aromatic heterocycles. The lowest BCUT2D eigenvalue weighted by atomic mass is 9.67. The van der Waals surface area contributed by atoms with E-state index in [1.54, 1.807) is 11.4 Å². The zero-order valence-corrected chi connectivity index (χ0v) is 14.5. The number of fused-ring (bicyclic) bond motifs is 1. The quantitative estimate of drug-likeness (QED) is 0.740. The van der Waals surface area contributed by atoms with E-state index in [-0.39, 0.29) is 17.7 Å². The van der Waals surface area contributed by atoms with Gasteiger partial charge in [-0.05, 0) is 25.7 Å². The van der Waals surface area contributed by atoms with E-state index < -0.39 is 15.4 Å². The van der Waals surface area contributed by atoms with E-state index in [0.717, 1.165) is 32.1 Å². The predicted molar refractivity (Wildman–Crippen MR) is 85.0 cm³/mol. The second-order valence-corrected chi connectivity index (χ2v) is 8.33. The second-order valence-electron chi connectivity index (χ2n) is 6.29. The monoisotopic (exact) mass is 332 g/mol. The molecule has 6 nitrogen and oxygen atoms in total. The standard InChI is InChI=1S/C15H28N2O4S/c1-3-17-13-7-4-5-8-15(13,9-12-22(17,19)20)14(18)16-10-6-11-21-2/h13H,3-12H2,1-2H3,(H,16,18)/t13-,15-/m1/s1. The van der Waals surface area contributed by atoms with Gasteiger partial charge < -0.3 is 10.1 Å². The van der Waals surface area contributed by atoms with Crippen LogP contribution in [0.2, 0.25) is 0 Å². The topological polar surface area (TPSA) is 75.7 Å². The van der Waals surface area contributed by atoms with Crippen LogP contribution >= 0.6 is 0 Å². The van der Waals surface area contributed by atoms with E-state index in [2.05, 4.69) is 5.32 Å². The maximum absolute atomic E-state index is 12.8. The van der Waals surface area contributed by atoms with Crippen LogP contribution in [0.3, 0.4) is 0 Å². The molecule has 1 aliphatic carbocycles. The summed E-state index contributed by atoms with van der Waals surface area (Å²) < 4.78 is 31.2. The number of hydrogen-bond donors (Lipinski definition) is 1. The number of ether oxygens (including phenoxy) is 1. The van der Waals surface area contributed by atoms with E-state index in [4.69, 9.17) is 4.74 Å². The summed E-state index contributed by atoms with van der Waals surface area (Å²) in [5.41, 5.74) is -0.535. The molecule has 0 aromatic carbocycles. The summed E-state index contributed by atoms with van der Waals surface area (Å²) in [6, 6.07) is -0.174. The summed E-state index contributed by atoms with van der Waals surface area (Å²) in [7, 11) is -1.57. The third-order valence-corrected chi connectivity index (χ3v) is 7.02. The Hall–Kier alpha value is -0.660. The molecule has 0 aromatic rings. The summed E-state index contributed by atoms with van der Waals surface area (Å²) in [5.74, 6) is 0.115. The number of nitrogens with one attached hydrogen (secondary N) is 1. The molecule has 1 saturated heterocycles. The second kappa shape index (κ2) is 7.27. The molecular formula is C15H28N2O4S. The van der Waals surface area contributed by atoms with Gasteiger partial charge in [-0.2, -0.15) is 4.31 Å². The Bertz CT molecular complexity index is 494. The third kappa shape index (κ3) is 3.31. The van der Waals surface area contributed by atoms with Crippen molar-refractivity contribution in [2.45, 2.75) is 51.5 Å². The fourth-order valence-electron chi connectivity index (χ4n) is 3.94. The van der Waals surface area contributed by atoms with E-state index in [9.17, 15) is 13.2 Å². The van der Waals surface area contributed by atoms with Gasteiger partial charge in [0.15, 0.2) is 0 Å². The molecule has 0 bridgehead atoms. The Morgan fingerprint density at radius 2 is 2.14 bits per heavy atom. The Morgan fingerprint density at radius 3 is 2.82 bits per heavy atom. The van der Waals surface area contributed by atoms with Crippen LogP contribution in [0.5, 0.6) is 0 Å². The summed E-state index contributed by atoms with van der Waals surface area (Å²) in [6.07, 6.45) is 4.80. The predicted octanol–water partition coefficient (Wildman–Crippen LogP) is 1.12. The molecule has 0 spiro atoms. The first-order chi connectivity index (χ1) is 10.5. The van der Waals surface area contributed by atoms with Crippen molar-refractivity contribution >= 4 is 15.9 Å². The molecule has 128 valence electrons. The average molecular weight is 332 g/mol. The molecule has 2 fully saturated rings. The SMILES string of the molecule is CCN1[C@@H]2CCCC[C@@]2(C(=O)NCCCOC)CCS1(=O)=O. The van der Waals surface area contributed by atoms with Crippen LogP contribution < -0.4 is 5.32 Å². The average Bonchev–Trinajstić information content (AvgIpc) is 2.51. The van der Waals surface area contributed by atoms with E-state index in [0.29, 0.717) is 26.1 Å². The fourth-order valence-corrected chi connectivity index (χ4v) is 5.89. The molecule has 2 atom stereocenters. The third-order valence-electron chi connectivity index (χ3n) is 5.07. The zero-order chi connectivity index (χ0) is 16.2. The van der Waals surface area contributed by atoms with Gasteiger partial charge in [0.25, 0.3) is 0 Å². The van der Waals surface area contributed by atoms with Crippen molar-refractivity contribution in [2.75, 3.05) is 32.6 Å². The molecular weight excluding hydrogens is 304 g/mol. The number of carbonyl (C=O) groups excluding carboxylic acids is 1. The van der Waals surface area contributed by atoms with Crippen molar-refractivity contribution in [2.24, 2.45) is 5.41 Å². The van der Waals surface area contributed by atoms with Crippen LogP contribution in [0.15, 0.2) is 0 Å². The molecule has 1 N–H and O–H groups in total. The largest absolute Gasteiger partial charge is 0.385 e. The molecule has 1 heterocycles. The summed E-state index contributed by atoms with van der Waals surface area (Å²) >= 11 is 0. The molecule has 2 aliphatic rings. The Labute approximate surface area is 133 Å². The minimum absolute atomic E-state index is 0.0293. The van der Waals surface area contributed by atoms with Crippen LogP contribution in [0.4, 0.5) is 0 Å². The first kappa shape index (κ1) is 17.7. The van der Waals surface area contributed by atoms with Crippen LogP contribution in [0.25, 0.3) is 0 Å². The van der Waals surface area contributed by atoms with Crippen LogP contribution in [-0.2, 0) is 19.6 Å². The molecule has 22 heavy (non-hydrogen) atoms. The highest BCUT2D eigenvalue weighted by atomic mass is 32.2. The normalized spacial score (nSPS) is 31.5. The summed E-state index contributed by atoms with van der Waals surface area (Å²) in [6.45, 7) is 3.51. The maximum Gasteiger partial charge on any atom is 0.227 e. The van der Waals surface area contributed by atoms with E-state index in [1.807, 2.05) is 6.92 Å². The number of amides is 1. The Kier molecular flexibility index (Phi) is 5.85. The van der Waals surface area contributed by atoms with Gasteiger partial charge in [-0.25, -0.2) is 8.42 Å². The van der Waals surface area contributed by atoms with Crippen LogP contribution in [-0.4, -0.2) is 57.2 Å².